The van der Waals surface area contributed by atoms with Crippen molar-refractivity contribution in [1.82, 2.24) is 14.9 Å². The fourth-order valence-corrected chi connectivity index (χ4v) is 3.73. The fourth-order valence-electron chi connectivity index (χ4n) is 3.73. The van der Waals surface area contributed by atoms with E-state index in [9.17, 15) is 0 Å². The second kappa shape index (κ2) is 8.76. The number of ether oxygens (including phenoxy) is 1. The van der Waals surface area contributed by atoms with Crippen LogP contribution in [0.3, 0.4) is 0 Å². The number of benzene rings is 1. The maximum Gasteiger partial charge on any atom is 0.227 e. The highest BCUT2D eigenvalue weighted by Gasteiger charge is 2.17. The summed E-state index contributed by atoms with van der Waals surface area (Å²) in [6.07, 6.45) is 4.60. The summed E-state index contributed by atoms with van der Waals surface area (Å²) in [5.74, 6) is 8.24. The number of anilines is 2. The molecule has 28 heavy (non-hydrogen) atoms. The van der Waals surface area contributed by atoms with Gasteiger partial charge < -0.3 is 15.0 Å². The number of hydrogen-bond acceptors (Lipinski definition) is 6. The monoisotopic (exact) mass is 379 g/mol. The van der Waals surface area contributed by atoms with Crippen LogP contribution in [0.4, 0.5) is 11.8 Å². The molecule has 2 aromatic rings. The number of rotatable bonds is 4. The molecule has 0 saturated carbocycles. The number of hydrogen-bond donors (Lipinski definition) is 1. The predicted octanol–water partition coefficient (Wildman–Crippen LogP) is 2.73. The maximum absolute atomic E-state index is 5.48. The van der Waals surface area contributed by atoms with Crippen LogP contribution >= 0.6 is 0 Å². The first kappa shape index (κ1) is 19.0. The van der Waals surface area contributed by atoms with Crippen LogP contribution in [-0.2, 0) is 4.74 Å². The number of nitrogens with one attached hydrogen (secondary N) is 1. The van der Waals surface area contributed by atoms with Gasteiger partial charge in [0.25, 0.3) is 0 Å². The van der Waals surface area contributed by atoms with Crippen molar-refractivity contribution in [2.24, 2.45) is 0 Å². The summed E-state index contributed by atoms with van der Waals surface area (Å²) in [7, 11) is 3.94. The highest BCUT2D eigenvalue weighted by atomic mass is 16.5. The summed E-state index contributed by atoms with van der Waals surface area (Å²) >= 11 is 0. The average molecular weight is 380 g/mol. The Bertz CT molecular complexity index is 874. The predicted molar refractivity (Wildman–Crippen MR) is 114 cm³/mol. The van der Waals surface area contributed by atoms with E-state index in [4.69, 9.17) is 14.7 Å². The van der Waals surface area contributed by atoms with Crippen LogP contribution < -0.4 is 10.2 Å². The van der Waals surface area contributed by atoms with E-state index in [0.717, 1.165) is 54.9 Å². The summed E-state index contributed by atoms with van der Waals surface area (Å²) in [6, 6.07) is 6.64. The molecule has 1 N–H and O–H groups in total. The zero-order chi connectivity index (χ0) is 19.3. The molecule has 0 bridgehead atoms. The Hall–Kier alpha value is -2.36. The molecular weight excluding hydrogens is 350 g/mol. The minimum atomic E-state index is 0.391. The smallest absolute Gasteiger partial charge is 0.227 e. The molecule has 2 aliphatic heterocycles. The van der Waals surface area contributed by atoms with Crippen LogP contribution in [0.25, 0.3) is 10.9 Å². The second-order valence-corrected chi connectivity index (χ2v) is 7.81. The molecule has 0 radical (unpaired) electrons. The molecule has 0 spiro atoms. The van der Waals surface area contributed by atoms with Crippen molar-refractivity contribution in [2.45, 2.75) is 31.7 Å². The van der Waals surface area contributed by atoms with Crippen LogP contribution in [0.1, 0.15) is 31.2 Å². The molecule has 2 fully saturated rings. The molecule has 2 aliphatic rings. The summed E-state index contributed by atoms with van der Waals surface area (Å²) in [5, 5.41) is 4.66. The summed E-state index contributed by atoms with van der Waals surface area (Å²) in [6.45, 7) is 4.80. The van der Waals surface area contributed by atoms with Crippen LogP contribution in [0.2, 0.25) is 0 Å². The van der Waals surface area contributed by atoms with Crippen LogP contribution in [0, 0.1) is 11.8 Å². The molecule has 0 amide bonds. The second-order valence-electron chi connectivity index (χ2n) is 7.81. The van der Waals surface area contributed by atoms with E-state index in [-0.39, 0.29) is 0 Å². The van der Waals surface area contributed by atoms with E-state index in [1.807, 2.05) is 19.0 Å². The lowest BCUT2D eigenvalue weighted by molar-refractivity contribution is 0.0904. The van der Waals surface area contributed by atoms with E-state index in [0.29, 0.717) is 12.0 Å². The average Bonchev–Trinajstić information content (AvgIpc) is 3.22. The van der Waals surface area contributed by atoms with E-state index < -0.39 is 0 Å². The molecule has 1 aromatic heterocycles. The van der Waals surface area contributed by atoms with Gasteiger partial charge in [0.2, 0.25) is 5.95 Å². The van der Waals surface area contributed by atoms with Gasteiger partial charge in [-0.25, -0.2) is 4.98 Å². The molecule has 0 unspecified atom stereocenters. The summed E-state index contributed by atoms with van der Waals surface area (Å²) in [4.78, 5) is 13.9. The van der Waals surface area contributed by atoms with Gasteiger partial charge in [-0.1, -0.05) is 11.8 Å². The highest BCUT2D eigenvalue weighted by molar-refractivity contribution is 5.91. The fraction of sp³-hybridized carbons (Fsp3) is 0.545. The molecule has 0 atom stereocenters. The van der Waals surface area contributed by atoms with Gasteiger partial charge in [-0.3, -0.25) is 4.90 Å². The van der Waals surface area contributed by atoms with Crippen LogP contribution in [-0.4, -0.2) is 67.9 Å². The van der Waals surface area contributed by atoms with Gasteiger partial charge in [0.1, 0.15) is 5.82 Å². The van der Waals surface area contributed by atoms with Crippen molar-refractivity contribution in [3.63, 3.8) is 0 Å². The van der Waals surface area contributed by atoms with Crippen LogP contribution in [0.15, 0.2) is 18.2 Å². The Balaban J connectivity index is 1.60. The van der Waals surface area contributed by atoms with E-state index in [1.54, 1.807) is 0 Å². The molecule has 6 heteroatoms. The maximum atomic E-state index is 5.48. The molecule has 148 valence electrons. The lowest BCUT2D eigenvalue weighted by atomic mass is 10.1. The molecule has 0 aliphatic carbocycles. The molecular formula is C22H29N5O. The molecule has 6 nitrogen and oxygen atoms in total. The van der Waals surface area contributed by atoms with Crippen molar-refractivity contribution >= 4 is 22.7 Å². The van der Waals surface area contributed by atoms with Crippen molar-refractivity contribution in [3.8, 4) is 11.8 Å². The lowest BCUT2D eigenvalue weighted by Crippen LogP contribution is -2.28. The third-order valence-corrected chi connectivity index (χ3v) is 5.38. The minimum Gasteiger partial charge on any atom is -0.381 e. The van der Waals surface area contributed by atoms with Gasteiger partial charge in [-0.15, -0.1) is 0 Å². The summed E-state index contributed by atoms with van der Waals surface area (Å²) in [5.41, 5.74) is 1.94. The Labute approximate surface area is 167 Å². The van der Waals surface area contributed by atoms with Crippen LogP contribution in [0.5, 0.6) is 0 Å². The summed E-state index contributed by atoms with van der Waals surface area (Å²) < 4.78 is 5.48. The van der Waals surface area contributed by atoms with Crippen molar-refractivity contribution in [3.05, 3.63) is 23.8 Å². The topological polar surface area (TPSA) is 53.5 Å². The number of fused-ring (bicyclic) bond motifs is 1. The first-order valence-electron chi connectivity index (χ1n) is 10.2. The molecule has 1 aromatic carbocycles. The number of aromatic nitrogens is 2. The van der Waals surface area contributed by atoms with Gasteiger partial charge in [0, 0.05) is 44.3 Å². The minimum absolute atomic E-state index is 0.391. The third kappa shape index (κ3) is 4.54. The Kier molecular flexibility index (Phi) is 5.94. The molecule has 3 heterocycles. The Morgan fingerprint density at radius 2 is 1.96 bits per heavy atom. The van der Waals surface area contributed by atoms with Crippen molar-refractivity contribution in [2.75, 3.05) is 57.2 Å². The Morgan fingerprint density at radius 1 is 1.18 bits per heavy atom. The van der Waals surface area contributed by atoms with Gasteiger partial charge in [-0.05, 0) is 57.0 Å². The van der Waals surface area contributed by atoms with Gasteiger partial charge in [0.15, 0.2) is 0 Å². The quantitative estimate of drug-likeness (QED) is 0.825. The number of nitrogens with zero attached hydrogens (tertiary/aromatic N) is 4. The highest BCUT2D eigenvalue weighted by Crippen LogP contribution is 2.26. The Morgan fingerprint density at radius 3 is 2.71 bits per heavy atom. The standard InChI is InChI=1S/C22H29N5O/c1-26(2)22-24-20-16-17(6-5-13-27-11-3-4-12-27)7-8-19(20)21(25-22)23-18-9-14-28-15-10-18/h7-8,16,18H,3-4,9-15H2,1-2H3,(H,23,24,25). The SMILES string of the molecule is CN(C)c1nc(NC2CCOCC2)c2ccc(C#CCN3CCCC3)cc2n1. The van der Waals surface area contributed by atoms with E-state index in [2.05, 4.69) is 40.3 Å². The molecule has 4 rings (SSSR count). The third-order valence-electron chi connectivity index (χ3n) is 5.38. The van der Waals surface area contributed by atoms with Crippen molar-refractivity contribution < 1.29 is 4.74 Å². The van der Waals surface area contributed by atoms with Gasteiger partial charge in [0.05, 0.1) is 12.1 Å². The zero-order valence-corrected chi connectivity index (χ0v) is 16.9. The first-order valence-corrected chi connectivity index (χ1v) is 10.2. The van der Waals surface area contributed by atoms with Gasteiger partial charge in [-0.2, -0.15) is 4.98 Å². The largest absolute Gasteiger partial charge is 0.381 e. The van der Waals surface area contributed by atoms with Crippen molar-refractivity contribution in [1.29, 1.82) is 0 Å². The normalized spacial score (nSPS) is 18.1. The zero-order valence-electron chi connectivity index (χ0n) is 16.9. The number of likely N-dealkylation sites (tertiary alicyclic amines) is 1. The first-order chi connectivity index (χ1) is 13.7. The van der Waals surface area contributed by atoms with E-state index in [1.165, 1.54) is 25.9 Å². The van der Waals surface area contributed by atoms with Gasteiger partial charge >= 0.3 is 0 Å². The molecule has 2 saturated heterocycles. The van der Waals surface area contributed by atoms with E-state index >= 15 is 0 Å². The lowest BCUT2D eigenvalue weighted by Gasteiger charge is -2.25.